The molecule has 4 nitrogen and oxygen atoms in total. The van der Waals surface area contributed by atoms with Gasteiger partial charge in [0.1, 0.15) is 0 Å². The van der Waals surface area contributed by atoms with Crippen molar-refractivity contribution in [2.24, 2.45) is 5.92 Å². The molecule has 4 atom stereocenters. The maximum Gasteiger partial charge on any atom is 0.174 e. The highest BCUT2D eigenvalue weighted by Gasteiger charge is 2.64. The van der Waals surface area contributed by atoms with Gasteiger partial charge >= 0.3 is 0 Å². The smallest absolute Gasteiger partial charge is 0.174 e. The molecule has 1 unspecified atom stereocenters. The molecule has 21 heavy (non-hydrogen) atoms. The Kier molecular flexibility index (Phi) is 2.18. The van der Waals surface area contributed by atoms with Gasteiger partial charge in [0, 0.05) is 23.4 Å². The molecule has 1 aromatic rings. The van der Waals surface area contributed by atoms with Crippen molar-refractivity contribution in [2.75, 3.05) is 13.7 Å². The number of piperidine rings is 1. The lowest BCUT2D eigenvalue weighted by atomic mass is 9.52. The van der Waals surface area contributed by atoms with E-state index >= 15 is 0 Å². The minimum Gasteiger partial charge on any atom is -0.493 e. The Bertz CT molecular complexity index is 656. The predicted octanol–water partition coefficient (Wildman–Crippen LogP) is 1.59. The van der Waals surface area contributed by atoms with Gasteiger partial charge in [-0.05, 0) is 43.4 Å². The summed E-state index contributed by atoms with van der Waals surface area (Å²) in [5.74, 6) is 2.43. The van der Waals surface area contributed by atoms with E-state index in [1.165, 1.54) is 11.1 Å². The second-order valence-corrected chi connectivity index (χ2v) is 6.80. The average Bonchev–Trinajstić information content (AvgIpc) is 2.83. The van der Waals surface area contributed by atoms with E-state index < -0.39 is 0 Å². The van der Waals surface area contributed by atoms with E-state index in [9.17, 15) is 4.79 Å². The first-order valence-electron chi connectivity index (χ1n) is 7.89. The molecule has 0 amide bonds. The van der Waals surface area contributed by atoms with Crippen LogP contribution in [-0.2, 0) is 16.6 Å². The first kappa shape index (κ1) is 12.0. The molecular formula is C17H19NO3. The minimum atomic E-state index is -0.286. The summed E-state index contributed by atoms with van der Waals surface area (Å²) in [7, 11) is 1.68. The van der Waals surface area contributed by atoms with Crippen LogP contribution in [0.1, 0.15) is 30.4 Å². The number of Topliss-reactive ketones (excluding diaryl/α,β-unsaturated/α-hetero) is 1. The van der Waals surface area contributed by atoms with E-state index in [0.717, 1.165) is 37.3 Å². The fourth-order valence-corrected chi connectivity index (χ4v) is 5.40. The zero-order valence-electron chi connectivity index (χ0n) is 12.1. The highest BCUT2D eigenvalue weighted by molar-refractivity contribution is 5.89. The van der Waals surface area contributed by atoms with Crippen LogP contribution in [0.3, 0.4) is 0 Å². The van der Waals surface area contributed by atoms with E-state index in [2.05, 4.69) is 11.4 Å². The second-order valence-electron chi connectivity index (χ2n) is 6.80. The van der Waals surface area contributed by atoms with Gasteiger partial charge in [-0.3, -0.25) is 4.79 Å². The van der Waals surface area contributed by atoms with Crippen molar-refractivity contribution in [1.29, 1.82) is 0 Å². The number of methoxy groups -OCH3 is 1. The molecule has 0 aromatic heterocycles. The molecule has 2 fully saturated rings. The molecule has 4 heteroatoms. The van der Waals surface area contributed by atoms with E-state index in [1.54, 1.807) is 7.11 Å². The Morgan fingerprint density at radius 1 is 1.43 bits per heavy atom. The molecule has 0 radical (unpaired) electrons. The fraction of sp³-hybridized carbons (Fsp3) is 0.588. The summed E-state index contributed by atoms with van der Waals surface area (Å²) in [6, 6.07) is 4.65. The number of benzene rings is 1. The van der Waals surface area contributed by atoms with Gasteiger partial charge in [-0.1, -0.05) is 6.07 Å². The Morgan fingerprint density at radius 3 is 3.19 bits per heavy atom. The zero-order valence-corrected chi connectivity index (χ0v) is 12.1. The maximum absolute atomic E-state index is 12.5. The van der Waals surface area contributed by atoms with E-state index in [1.807, 2.05) is 6.07 Å². The number of hydrogen-bond donors (Lipinski definition) is 1. The summed E-state index contributed by atoms with van der Waals surface area (Å²) in [5, 5.41) is 3.67. The fourth-order valence-electron chi connectivity index (χ4n) is 5.40. The summed E-state index contributed by atoms with van der Waals surface area (Å²) in [6.07, 6.45) is 3.40. The molecule has 1 aromatic carbocycles. The molecule has 5 rings (SSSR count). The van der Waals surface area contributed by atoms with Gasteiger partial charge in [0.25, 0.3) is 0 Å². The molecule has 2 aliphatic heterocycles. The third kappa shape index (κ3) is 1.24. The van der Waals surface area contributed by atoms with Gasteiger partial charge in [0.15, 0.2) is 23.4 Å². The molecule has 2 aliphatic carbocycles. The molecule has 110 valence electrons. The van der Waals surface area contributed by atoms with Crippen molar-refractivity contribution in [2.45, 2.75) is 43.2 Å². The van der Waals surface area contributed by atoms with Crippen molar-refractivity contribution in [3.8, 4) is 11.5 Å². The Labute approximate surface area is 123 Å². The standard InChI is InChI=1S/C17H19NO3/c1-20-13-5-2-9-8-11-10-3-4-12(19)16-17(10,6-7-18-11)14(9)15(13)21-16/h2,5,10-11,16,18H,3-4,6-8H2,1H3/t10-,11+,16?,17-/m0/s1. The van der Waals surface area contributed by atoms with E-state index in [0.29, 0.717) is 18.4 Å². The van der Waals surface area contributed by atoms with E-state index in [-0.39, 0.29) is 17.3 Å². The molecule has 2 bridgehead atoms. The van der Waals surface area contributed by atoms with Crippen molar-refractivity contribution in [3.63, 3.8) is 0 Å². The number of carbonyl (C=O) groups excluding carboxylic acids is 1. The molecule has 1 saturated heterocycles. The number of ketones is 1. The Hall–Kier alpha value is -1.55. The molecule has 4 aliphatic rings. The lowest BCUT2D eigenvalue weighted by molar-refractivity contribution is -0.135. The lowest BCUT2D eigenvalue weighted by Gasteiger charge is -2.54. The quantitative estimate of drug-likeness (QED) is 0.851. The van der Waals surface area contributed by atoms with Crippen molar-refractivity contribution in [3.05, 3.63) is 23.3 Å². The molecule has 2 heterocycles. The van der Waals surface area contributed by atoms with Gasteiger partial charge < -0.3 is 14.8 Å². The highest BCUT2D eigenvalue weighted by Crippen LogP contribution is 2.61. The van der Waals surface area contributed by atoms with Crippen molar-refractivity contribution < 1.29 is 14.3 Å². The summed E-state index contributed by atoms with van der Waals surface area (Å²) in [6.45, 7) is 0.977. The van der Waals surface area contributed by atoms with Gasteiger partial charge in [-0.25, -0.2) is 0 Å². The second kappa shape index (κ2) is 3.80. The highest BCUT2D eigenvalue weighted by atomic mass is 16.5. The van der Waals surface area contributed by atoms with Crippen LogP contribution in [0, 0.1) is 5.92 Å². The van der Waals surface area contributed by atoms with Gasteiger partial charge in [-0.2, -0.15) is 0 Å². The molecule has 1 spiro atoms. The molecule has 1 saturated carbocycles. The Morgan fingerprint density at radius 2 is 2.33 bits per heavy atom. The summed E-state index contributed by atoms with van der Waals surface area (Å²) in [4.78, 5) is 12.5. The number of hydrogen-bond acceptors (Lipinski definition) is 4. The first-order valence-corrected chi connectivity index (χ1v) is 7.89. The van der Waals surface area contributed by atoms with E-state index in [4.69, 9.17) is 9.47 Å². The van der Waals surface area contributed by atoms with Crippen LogP contribution in [0.5, 0.6) is 11.5 Å². The van der Waals surface area contributed by atoms with Crippen LogP contribution in [0.4, 0.5) is 0 Å². The first-order chi connectivity index (χ1) is 10.3. The summed E-state index contributed by atoms with van der Waals surface area (Å²) < 4.78 is 11.7. The monoisotopic (exact) mass is 285 g/mol. The normalized spacial score (nSPS) is 38.7. The zero-order chi connectivity index (χ0) is 14.2. The topological polar surface area (TPSA) is 47.6 Å². The molecule has 1 N–H and O–H groups in total. The van der Waals surface area contributed by atoms with Crippen LogP contribution in [0.15, 0.2) is 12.1 Å². The minimum absolute atomic E-state index is 0.0945. The third-order valence-corrected chi connectivity index (χ3v) is 6.12. The van der Waals surface area contributed by atoms with Crippen molar-refractivity contribution >= 4 is 5.78 Å². The van der Waals surface area contributed by atoms with Gasteiger partial charge in [0.2, 0.25) is 0 Å². The van der Waals surface area contributed by atoms with Crippen LogP contribution in [-0.4, -0.2) is 31.6 Å². The summed E-state index contributed by atoms with van der Waals surface area (Å²) in [5.41, 5.74) is 2.54. The van der Waals surface area contributed by atoms with Gasteiger partial charge in [-0.15, -0.1) is 0 Å². The van der Waals surface area contributed by atoms with Crippen LogP contribution in [0.25, 0.3) is 0 Å². The van der Waals surface area contributed by atoms with Crippen LogP contribution in [0.2, 0.25) is 0 Å². The SMILES string of the molecule is COc1ccc2c3c1OC1C(=O)CC[C@H]4[C@@H](C2)NCC[C@]314. The number of rotatable bonds is 1. The predicted molar refractivity (Wildman–Crippen MR) is 76.9 cm³/mol. The number of carbonyl (C=O) groups is 1. The van der Waals surface area contributed by atoms with Gasteiger partial charge in [0.05, 0.1) is 7.11 Å². The Balaban J connectivity index is 1.83. The van der Waals surface area contributed by atoms with Crippen LogP contribution < -0.4 is 14.8 Å². The van der Waals surface area contributed by atoms with Crippen LogP contribution >= 0.6 is 0 Å². The number of nitrogens with one attached hydrogen (secondary N) is 1. The maximum atomic E-state index is 12.5. The molecular weight excluding hydrogens is 266 g/mol. The number of ether oxygens (including phenoxy) is 2. The average molecular weight is 285 g/mol. The third-order valence-electron chi connectivity index (χ3n) is 6.12. The van der Waals surface area contributed by atoms with Crippen molar-refractivity contribution in [1.82, 2.24) is 5.32 Å². The lowest BCUT2D eigenvalue weighted by Crippen LogP contribution is -2.65. The largest absolute Gasteiger partial charge is 0.493 e. The summed E-state index contributed by atoms with van der Waals surface area (Å²) >= 11 is 0.